The molecule has 1 aromatic carbocycles. The van der Waals surface area contributed by atoms with Crippen LogP contribution in [0.1, 0.15) is 32.8 Å². The lowest BCUT2D eigenvalue weighted by Crippen LogP contribution is -2.28. The van der Waals surface area contributed by atoms with Crippen LogP contribution in [0, 0.1) is 11.7 Å². The van der Waals surface area contributed by atoms with Gasteiger partial charge in [-0.25, -0.2) is 17.5 Å². The van der Waals surface area contributed by atoms with Crippen molar-refractivity contribution in [1.82, 2.24) is 10.0 Å². The molecule has 4 nitrogen and oxygen atoms in total. The Morgan fingerprint density at radius 3 is 2.57 bits per heavy atom. The van der Waals surface area contributed by atoms with Crippen molar-refractivity contribution in [3.8, 4) is 0 Å². The van der Waals surface area contributed by atoms with Crippen molar-refractivity contribution < 1.29 is 12.8 Å². The highest BCUT2D eigenvalue weighted by Gasteiger charge is 2.37. The summed E-state index contributed by atoms with van der Waals surface area (Å²) in [5, 5.41) is 3.09. The zero-order chi connectivity index (χ0) is 15.8. The van der Waals surface area contributed by atoms with E-state index in [9.17, 15) is 12.8 Å². The first-order valence-corrected chi connectivity index (χ1v) is 9.22. The van der Waals surface area contributed by atoms with Crippen molar-refractivity contribution in [1.29, 1.82) is 0 Å². The normalized spacial score (nSPS) is 21.8. The summed E-state index contributed by atoms with van der Waals surface area (Å²) in [6, 6.07) is 3.02. The maximum absolute atomic E-state index is 14.5. The zero-order valence-corrected chi connectivity index (χ0v) is 14.7. The maximum atomic E-state index is 14.5. The number of rotatable bonds is 6. The smallest absolute Gasteiger partial charge is 0.243 e. The molecule has 118 valence electrons. The molecule has 0 spiro atoms. The van der Waals surface area contributed by atoms with Crippen LogP contribution in [0.4, 0.5) is 4.39 Å². The molecule has 0 radical (unpaired) electrons. The second-order valence-corrected chi connectivity index (χ2v) is 8.45. The van der Waals surface area contributed by atoms with Gasteiger partial charge in [0.2, 0.25) is 10.0 Å². The topological polar surface area (TPSA) is 58.2 Å². The second kappa shape index (κ2) is 6.32. The Balaban J connectivity index is 2.30. The summed E-state index contributed by atoms with van der Waals surface area (Å²) in [6.45, 7) is 6.14. The first-order chi connectivity index (χ1) is 9.70. The van der Waals surface area contributed by atoms with Gasteiger partial charge in [-0.05, 0) is 24.5 Å². The van der Waals surface area contributed by atoms with Gasteiger partial charge in [0.05, 0.1) is 0 Å². The van der Waals surface area contributed by atoms with E-state index in [0.717, 1.165) is 6.42 Å². The molecule has 1 aliphatic rings. The molecular weight excluding hydrogens is 359 g/mol. The average Bonchev–Trinajstić information content (AvgIpc) is 3.04. The highest BCUT2D eigenvalue weighted by atomic mass is 79.9. The summed E-state index contributed by atoms with van der Waals surface area (Å²) in [5.74, 6) is -0.371. The van der Waals surface area contributed by atoms with Crippen LogP contribution in [0.3, 0.4) is 0 Å². The maximum Gasteiger partial charge on any atom is 0.243 e. The number of halogens is 2. The van der Waals surface area contributed by atoms with E-state index in [0.29, 0.717) is 16.0 Å². The van der Waals surface area contributed by atoms with Crippen LogP contribution in [0.2, 0.25) is 0 Å². The Morgan fingerprint density at radius 1 is 1.43 bits per heavy atom. The number of nitrogens with one attached hydrogen (secondary N) is 2. The molecule has 21 heavy (non-hydrogen) atoms. The highest BCUT2D eigenvalue weighted by molar-refractivity contribution is 9.10. The summed E-state index contributed by atoms with van der Waals surface area (Å²) in [5.41, 5.74) is 0.335. The van der Waals surface area contributed by atoms with Gasteiger partial charge in [0.1, 0.15) is 10.7 Å². The molecule has 0 amide bonds. The van der Waals surface area contributed by atoms with Crippen LogP contribution in [-0.4, -0.2) is 20.5 Å². The Labute approximate surface area is 133 Å². The van der Waals surface area contributed by atoms with E-state index in [1.54, 1.807) is 6.07 Å². The molecule has 0 saturated heterocycles. The van der Waals surface area contributed by atoms with Crippen LogP contribution < -0.4 is 10.0 Å². The number of hydrogen-bond acceptors (Lipinski definition) is 3. The third-order valence-electron chi connectivity index (χ3n) is 3.49. The monoisotopic (exact) mass is 378 g/mol. The predicted molar refractivity (Wildman–Crippen MR) is 84.0 cm³/mol. The second-order valence-electron chi connectivity index (χ2n) is 5.85. The van der Waals surface area contributed by atoms with Gasteiger partial charge in [0, 0.05) is 28.7 Å². The SMILES string of the molecule is CC(C)NCc1cc(Br)cc(S(=O)(=O)NC2CC2C)c1F. The fourth-order valence-electron chi connectivity index (χ4n) is 2.01. The first kappa shape index (κ1) is 16.9. The van der Waals surface area contributed by atoms with Crippen LogP contribution in [0.15, 0.2) is 21.5 Å². The quantitative estimate of drug-likeness (QED) is 0.799. The van der Waals surface area contributed by atoms with Gasteiger partial charge < -0.3 is 5.32 Å². The van der Waals surface area contributed by atoms with Crippen LogP contribution in [0.5, 0.6) is 0 Å². The first-order valence-electron chi connectivity index (χ1n) is 6.94. The average molecular weight is 379 g/mol. The Morgan fingerprint density at radius 2 is 2.05 bits per heavy atom. The van der Waals surface area contributed by atoms with E-state index in [1.165, 1.54) is 6.07 Å². The zero-order valence-electron chi connectivity index (χ0n) is 12.3. The molecular formula is C14H20BrFN2O2S. The van der Waals surface area contributed by atoms with Gasteiger partial charge in [0.25, 0.3) is 0 Å². The fraction of sp³-hybridized carbons (Fsp3) is 0.571. The number of benzene rings is 1. The summed E-state index contributed by atoms with van der Waals surface area (Å²) in [6.07, 6.45) is 0.802. The van der Waals surface area contributed by atoms with E-state index >= 15 is 0 Å². The summed E-state index contributed by atoms with van der Waals surface area (Å²) in [7, 11) is -3.83. The van der Waals surface area contributed by atoms with Crippen molar-refractivity contribution in [3.05, 3.63) is 28.0 Å². The van der Waals surface area contributed by atoms with E-state index in [-0.39, 0.29) is 23.5 Å². The van der Waals surface area contributed by atoms with Crippen molar-refractivity contribution in [2.75, 3.05) is 0 Å². The van der Waals surface area contributed by atoms with Gasteiger partial charge in [0.15, 0.2) is 0 Å². The molecule has 7 heteroatoms. The summed E-state index contributed by atoms with van der Waals surface area (Å²) >= 11 is 3.25. The minimum atomic E-state index is -3.83. The van der Waals surface area contributed by atoms with Crippen molar-refractivity contribution in [2.45, 2.75) is 50.7 Å². The Hall–Kier alpha value is -0.500. The molecule has 0 bridgehead atoms. The summed E-state index contributed by atoms with van der Waals surface area (Å²) in [4.78, 5) is -0.295. The molecule has 1 aliphatic carbocycles. The largest absolute Gasteiger partial charge is 0.310 e. The molecule has 0 aromatic heterocycles. The Bertz CT molecular complexity index is 634. The molecule has 0 aliphatic heterocycles. The van der Waals surface area contributed by atoms with Crippen LogP contribution >= 0.6 is 15.9 Å². The van der Waals surface area contributed by atoms with E-state index in [4.69, 9.17) is 0 Å². The van der Waals surface area contributed by atoms with E-state index in [2.05, 4.69) is 26.0 Å². The fourth-order valence-corrected chi connectivity index (χ4v) is 4.17. The van der Waals surface area contributed by atoms with Gasteiger partial charge in [-0.15, -0.1) is 0 Å². The minimum Gasteiger partial charge on any atom is -0.310 e. The molecule has 2 N–H and O–H groups in total. The predicted octanol–water partition coefficient (Wildman–Crippen LogP) is 2.77. The van der Waals surface area contributed by atoms with Crippen LogP contribution in [-0.2, 0) is 16.6 Å². The minimum absolute atomic E-state index is 0.0781. The lowest BCUT2D eigenvalue weighted by atomic mass is 10.2. The molecule has 2 rings (SSSR count). The highest BCUT2D eigenvalue weighted by Crippen LogP contribution is 2.32. The lowest BCUT2D eigenvalue weighted by molar-refractivity contribution is 0.527. The molecule has 1 saturated carbocycles. The van der Waals surface area contributed by atoms with E-state index < -0.39 is 15.8 Å². The standard InChI is InChI=1S/C14H20BrFN2O2S/c1-8(2)17-7-10-5-11(15)6-13(14(10)16)21(19,20)18-12-4-9(12)3/h5-6,8-9,12,17-18H,4,7H2,1-3H3. The third-order valence-corrected chi connectivity index (χ3v) is 5.43. The molecule has 1 aromatic rings. The van der Waals surface area contributed by atoms with Gasteiger partial charge >= 0.3 is 0 Å². The number of hydrogen-bond donors (Lipinski definition) is 2. The lowest BCUT2D eigenvalue weighted by Gasteiger charge is -2.13. The van der Waals surface area contributed by atoms with Gasteiger partial charge in [-0.1, -0.05) is 36.7 Å². The molecule has 0 heterocycles. The molecule has 1 fully saturated rings. The van der Waals surface area contributed by atoms with Crippen LogP contribution in [0.25, 0.3) is 0 Å². The molecule has 2 unspecified atom stereocenters. The Kier molecular flexibility index (Phi) is 5.07. The van der Waals surface area contributed by atoms with Gasteiger partial charge in [-0.2, -0.15) is 0 Å². The van der Waals surface area contributed by atoms with Crippen molar-refractivity contribution >= 4 is 26.0 Å². The van der Waals surface area contributed by atoms with Crippen molar-refractivity contribution in [3.63, 3.8) is 0 Å². The van der Waals surface area contributed by atoms with E-state index in [1.807, 2.05) is 20.8 Å². The van der Waals surface area contributed by atoms with Crippen molar-refractivity contribution in [2.24, 2.45) is 5.92 Å². The molecule has 2 atom stereocenters. The number of sulfonamides is 1. The summed E-state index contributed by atoms with van der Waals surface area (Å²) < 4.78 is 42.2. The third kappa shape index (κ3) is 4.25. The van der Waals surface area contributed by atoms with Gasteiger partial charge in [-0.3, -0.25) is 0 Å².